The maximum atomic E-state index is 11.7. The Kier molecular flexibility index (Phi) is 2.81. The number of hydrogen-bond acceptors (Lipinski definition) is 3. The number of piperidine rings is 1. The van der Waals surface area contributed by atoms with Crippen molar-refractivity contribution < 1.29 is 9.21 Å². The van der Waals surface area contributed by atoms with Gasteiger partial charge in [-0.25, -0.2) is 0 Å². The van der Waals surface area contributed by atoms with Crippen LogP contribution in [-0.4, -0.2) is 22.8 Å². The Hall–Kier alpha value is -1.09. The first-order valence-corrected chi connectivity index (χ1v) is 6.92. The van der Waals surface area contributed by atoms with Crippen molar-refractivity contribution in [2.75, 3.05) is 0 Å². The molecule has 3 heteroatoms. The molecule has 2 aliphatic heterocycles. The number of carbonyl (C=O) groups is 1. The van der Waals surface area contributed by atoms with E-state index >= 15 is 0 Å². The summed E-state index contributed by atoms with van der Waals surface area (Å²) in [5.74, 6) is 2.46. The topological polar surface area (TPSA) is 33.5 Å². The van der Waals surface area contributed by atoms with Gasteiger partial charge in [-0.15, -0.1) is 0 Å². The van der Waals surface area contributed by atoms with Gasteiger partial charge in [0.1, 0.15) is 17.3 Å². The number of fused-ring (bicyclic) bond motifs is 2. The van der Waals surface area contributed by atoms with Crippen LogP contribution >= 0.6 is 0 Å². The fourth-order valence-electron chi connectivity index (χ4n) is 3.86. The molecule has 2 fully saturated rings. The molecule has 18 heavy (non-hydrogen) atoms. The first-order chi connectivity index (χ1) is 8.56. The van der Waals surface area contributed by atoms with Gasteiger partial charge in [0, 0.05) is 36.5 Å². The SMILES string of the molecule is Cc1cc(C(C)N2C3CCC2CC(=O)C3)c(C)o1. The van der Waals surface area contributed by atoms with E-state index in [1.54, 1.807) is 0 Å². The summed E-state index contributed by atoms with van der Waals surface area (Å²) in [6, 6.07) is 3.44. The molecule has 3 rings (SSSR count). The van der Waals surface area contributed by atoms with Crippen LogP contribution in [0.2, 0.25) is 0 Å². The van der Waals surface area contributed by atoms with Crippen molar-refractivity contribution in [2.45, 2.75) is 64.6 Å². The molecule has 0 aliphatic carbocycles. The lowest BCUT2D eigenvalue weighted by molar-refractivity contribution is -0.124. The minimum atomic E-state index is 0.369. The van der Waals surface area contributed by atoms with E-state index in [1.807, 2.05) is 13.8 Å². The Balaban J connectivity index is 1.87. The summed E-state index contributed by atoms with van der Waals surface area (Å²) in [6.07, 6.45) is 3.85. The molecule has 3 atom stereocenters. The summed E-state index contributed by atoms with van der Waals surface area (Å²) in [6.45, 7) is 6.28. The Morgan fingerprint density at radius 1 is 1.28 bits per heavy atom. The van der Waals surface area contributed by atoms with Gasteiger partial charge in [-0.2, -0.15) is 0 Å². The van der Waals surface area contributed by atoms with Gasteiger partial charge in [-0.05, 0) is 39.7 Å². The summed E-state index contributed by atoms with van der Waals surface area (Å²) < 4.78 is 5.64. The van der Waals surface area contributed by atoms with E-state index in [0.717, 1.165) is 24.4 Å². The first kappa shape index (κ1) is 12.0. The third-order valence-electron chi connectivity index (χ3n) is 4.58. The Morgan fingerprint density at radius 2 is 1.89 bits per heavy atom. The number of furan rings is 1. The Morgan fingerprint density at radius 3 is 2.39 bits per heavy atom. The standard InChI is InChI=1S/C15H21NO2/c1-9-6-15(11(3)18-9)10(2)16-12-4-5-13(16)8-14(17)7-12/h6,10,12-13H,4-5,7-8H2,1-3H3. The number of hydrogen-bond donors (Lipinski definition) is 0. The minimum absolute atomic E-state index is 0.369. The van der Waals surface area contributed by atoms with Gasteiger partial charge in [0.05, 0.1) is 0 Å². The summed E-state index contributed by atoms with van der Waals surface area (Å²) >= 11 is 0. The molecule has 2 bridgehead atoms. The smallest absolute Gasteiger partial charge is 0.136 e. The molecule has 2 aliphatic rings. The molecule has 0 radical (unpaired) electrons. The monoisotopic (exact) mass is 247 g/mol. The molecule has 2 saturated heterocycles. The lowest BCUT2D eigenvalue weighted by Gasteiger charge is -2.38. The van der Waals surface area contributed by atoms with Crippen LogP contribution in [0.4, 0.5) is 0 Å². The average Bonchev–Trinajstić information content (AvgIpc) is 2.76. The van der Waals surface area contributed by atoms with Crippen LogP contribution in [0.5, 0.6) is 0 Å². The fraction of sp³-hybridized carbons (Fsp3) is 0.667. The van der Waals surface area contributed by atoms with E-state index in [9.17, 15) is 4.79 Å². The summed E-state index contributed by atoms with van der Waals surface area (Å²) in [4.78, 5) is 14.2. The number of ketones is 1. The quantitative estimate of drug-likeness (QED) is 0.805. The number of nitrogens with zero attached hydrogens (tertiary/aromatic N) is 1. The van der Waals surface area contributed by atoms with Gasteiger partial charge in [0.2, 0.25) is 0 Å². The molecule has 98 valence electrons. The second-order valence-electron chi connectivity index (χ2n) is 5.82. The normalized spacial score (nSPS) is 29.8. The van der Waals surface area contributed by atoms with Gasteiger partial charge in [-0.3, -0.25) is 9.69 Å². The van der Waals surface area contributed by atoms with Crippen LogP contribution in [0.3, 0.4) is 0 Å². The van der Waals surface area contributed by atoms with Gasteiger partial charge >= 0.3 is 0 Å². The highest BCUT2D eigenvalue weighted by Gasteiger charge is 2.43. The van der Waals surface area contributed by atoms with E-state index in [4.69, 9.17) is 4.42 Å². The van der Waals surface area contributed by atoms with E-state index in [0.29, 0.717) is 23.9 Å². The number of carbonyl (C=O) groups excluding carboxylic acids is 1. The van der Waals surface area contributed by atoms with E-state index in [-0.39, 0.29) is 0 Å². The molecule has 3 nitrogen and oxygen atoms in total. The van der Waals surface area contributed by atoms with Crippen LogP contribution in [0.25, 0.3) is 0 Å². The molecular weight excluding hydrogens is 226 g/mol. The first-order valence-electron chi connectivity index (χ1n) is 6.92. The Bertz CT molecular complexity index is 461. The van der Waals surface area contributed by atoms with Crippen molar-refractivity contribution in [1.82, 2.24) is 4.90 Å². The molecule has 0 saturated carbocycles. The Labute approximate surface area is 108 Å². The highest BCUT2D eigenvalue weighted by molar-refractivity contribution is 5.81. The molecule has 3 heterocycles. The molecule has 1 aromatic heterocycles. The summed E-state index contributed by atoms with van der Waals surface area (Å²) in [5, 5.41) is 0. The number of aryl methyl sites for hydroxylation is 2. The van der Waals surface area contributed by atoms with Crippen LogP contribution in [-0.2, 0) is 4.79 Å². The van der Waals surface area contributed by atoms with Crippen molar-refractivity contribution in [2.24, 2.45) is 0 Å². The predicted octanol–water partition coefficient (Wildman–Crippen LogP) is 3.15. The second-order valence-corrected chi connectivity index (χ2v) is 5.82. The van der Waals surface area contributed by atoms with Gasteiger partial charge in [0.25, 0.3) is 0 Å². The number of rotatable bonds is 2. The minimum Gasteiger partial charge on any atom is -0.466 e. The van der Waals surface area contributed by atoms with Crippen molar-refractivity contribution in [1.29, 1.82) is 0 Å². The molecule has 3 unspecified atom stereocenters. The summed E-state index contributed by atoms with van der Waals surface area (Å²) in [7, 11) is 0. The zero-order valence-corrected chi connectivity index (χ0v) is 11.4. The van der Waals surface area contributed by atoms with Crippen LogP contribution in [0, 0.1) is 13.8 Å². The zero-order valence-electron chi connectivity index (χ0n) is 11.4. The van der Waals surface area contributed by atoms with Crippen LogP contribution in [0.15, 0.2) is 10.5 Å². The van der Waals surface area contributed by atoms with Crippen molar-refractivity contribution in [3.8, 4) is 0 Å². The average molecular weight is 247 g/mol. The van der Waals surface area contributed by atoms with Gasteiger partial charge in [0.15, 0.2) is 0 Å². The predicted molar refractivity (Wildman–Crippen MR) is 69.5 cm³/mol. The largest absolute Gasteiger partial charge is 0.466 e. The van der Waals surface area contributed by atoms with Crippen LogP contribution in [0.1, 0.15) is 55.7 Å². The third kappa shape index (κ3) is 1.81. The highest BCUT2D eigenvalue weighted by atomic mass is 16.3. The maximum Gasteiger partial charge on any atom is 0.136 e. The highest BCUT2D eigenvalue weighted by Crippen LogP contribution is 2.41. The number of Topliss-reactive ketones (excluding diaryl/α,β-unsaturated/α-hetero) is 1. The molecule has 0 amide bonds. The van der Waals surface area contributed by atoms with E-state index in [2.05, 4.69) is 17.9 Å². The second kappa shape index (κ2) is 4.23. The van der Waals surface area contributed by atoms with Gasteiger partial charge < -0.3 is 4.42 Å². The van der Waals surface area contributed by atoms with Crippen molar-refractivity contribution in [3.05, 3.63) is 23.2 Å². The molecule has 0 N–H and O–H groups in total. The molecule has 0 aromatic carbocycles. The van der Waals surface area contributed by atoms with E-state index in [1.165, 1.54) is 18.4 Å². The lowest BCUT2D eigenvalue weighted by Crippen LogP contribution is -2.44. The maximum absolute atomic E-state index is 11.7. The van der Waals surface area contributed by atoms with E-state index < -0.39 is 0 Å². The molecular formula is C15H21NO2. The molecule has 1 aromatic rings. The zero-order chi connectivity index (χ0) is 12.9. The third-order valence-corrected chi connectivity index (χ3v) is 4.58. The van der Waals surface area contributed by atoms with Crippen molar-refractivity contribution in [3.63, 3.8) is 0 Å². The lowest BCUT2D eigenvalue weighted by atomic mass is 9.96. The summed E-state index contributed by atoms with van der Waals surface area (Å²) in [5.41, 5.74) is 1.29. The van der Waals surface area contributed by atoms with Crippen LogP contribution < -0.4 is 0 Å². The molecule has 0 spiro atoms. The fourth-order valence-corrected chi connectivity index (χ4v) is 3.86. The van der Waals surface area contributed by atoms with Gasteiger partial charge in [-0.1, -0.05) is 0 Å². The van der Waals surface area contributed by atoms with Crippen molar-refractivity contribution >= 4 is 5.78 Å².